The van der Waals surface area contributed by atoms with Crippen molar-refractivity contribution in [1.29, 1.82) is 0 Å². The van der Waals surface area contributed by atoms with E-state index in [0.29, 0.717) is 11.3 Å². The summed E-state index contributed by atoms with van der Waals surface area (Å²) in [6.07, 6.45) is 2.48. The molecule has 0 aliphatic carbocycles. The molecule has 5 amide bonds. The maximum Gasteiger partial charge on any atom is 0.328 e. The van der Waals surface area contributed by atoms with Gasteiger partial charge in [0.1, 0.15) is 36.0 Å². The van der Waals surface area contributed by atoms with Crippen LogP contribution >= 0.6 is 0 Å². The molecule has 1 aromatic carbocycles. The van der Waals surface area contributed by atoms with Crippen molar-refractivity contribution in [3.05, 3.63) is 48.0 Å². The molecule has 0 spiro atoms. The van der Waals surface area contributed by atoms with Crippen LogP contribution in [0.3, 0.4) is 0 Å². The van der Waals surface area contributed by atoms with Crippen LogP contribution in [0.15, 0.2) is 36.8 Å². The molecule has 2 rings (SSSR count). The van der Waals surface area contributed by atoms with E-state index in [-0.39, 0.29) is 24.5 Å². The number of aliphatic hydroxyl groups is 2. The number of aromatic nitrogens is 2. The van der Waals surface area contributed by atoms with E-state index in [1.807, 2.05) is 0 Å². The van der Waals surface area contributed by atoms with Gasteiger partial charge in [0.05, 0.1) is 25.6 Å². The largest absolute Gasteiger partial charge is 0.508 e. The number of aliphatic carboxylic acids is 1. The van der Waals surface area contributed by atoms with Gasteiger partial charge >= 0.3 is 5.97 Å². The normalized spacial score (nSPS) is 14.9. The molecule has 18 heteroatoms. The van der Waals surface area contributed by atoms with Gasteiger partial charge in [-0.25, -0.2) is 9.78 Å². The molecule has 0 fully saturated rings. The van der Waals surface area contributed by atoms with Gasteiger partial charge in [-0.05, 0) is 30.5 Å². The number of nitrogens with two attached hydrogens (primary N) is 1. The summed E-state index contributed by atoms with van der Waals surface area (Å²) in [5, 5.41) is 49.6. The van der Waals surface area contributed by atoms with E-state index in [2.05, 4.69) is 36.6 Å². The molecule has 1 heterocycles. The van der Waals surface area contributed by atoms with E-state index < -0.39 is 85.0 Å². The summed E-state index contributed by atoms with van der Waals surface area (Å²) in [5.41, 5.74) is 6.89. The van der Waals surface area contributed by atoms with Crippen molar-refractivity contribution in [2.24, 2.45) is 11.7 Å². The Kier molecular flexibility index (Phi) is 14.7. The second-order valence-corrected chi connectivity index (χ2v) is 11.1. The molecule has 12 N–H and O–H groups in total. The number of nitrogens with zero attached hydrogens (tertiary/aromatic N) is 1. The van der Waals surface area contributed by atoms with Crippen molar-refractivity contribution < 1.29 is 49.2 Å². The zero-order valence-electron chi connectivity index (χ0n) is 26.1. The van der Waals surface area contributed by atoms with E-state index in [4.69, 9.17) is 15.9 Å². The standard InChI is InChI=1S/C29H42N8O10/c1-14(2)23(30)28(45)35-19(8-16-4-6-18(40)7-5-16)26(43)36-21(11-38)27(44)34-20(9-17-10-31-13-32-17)25(42)33-15(3)24(41)37-22(12-39)29(46)47/h4-7,10,13-15,19-23,38-40H,8-9,11-12,30H2,1-3H3,(H,31,32)(H,33,42)(H,34,44)(H,35,45)(H,36,43)(H,37,41)(H,46,47)/t15-,19-,20-,21-,22-,23-/m0/s1. The second-order valence-electron chi connectivity index (χ2n) is 11.1. The molecule has 1 aromatic heterocycles. The fourth-order valence-corrected chi connectivity index (χ4v) is 4.07. The maximum absolute atomic E-state index is 13.4. The molecule has 0 saturated carbocycles. The highest BCUT2D eigenvalue weighted by atomic mass is 16.4. The molecule has 6 atom stereocenters. The molecule has 0 bridgehead atoms. The van der Waals surface area contributed by atoms with Crippen LogP contribution in [-0.4, -0.2) is 115 Å². The first kappa shape index (κ1) is 38.1. The number of nitrogens with one attached hydrogen (secondary N) is 6. The number of H-pyrrole nitrogens is 1. The van der Waals surface area contributed by atoms with Crippen LogP contribution in [0, 0.1) is 5.92 Å². The van der Waals surface area contributed by atoms with Crippen molar-refractivity contribution >= 4 is 35.5 Å². The number of amides is 5. The number of hydrogen-bond acceptors (Lipinski definition) is 11. The number of aromatic amines is 1. The summed E-state index contributed by atoms with van der Waals surface area (Å²) in [6.45, 7) is 2.89. The Morgan fingerprint density at radius 3 is 1.79 bits per heavy atom. The Labute approximate surface area is 269 Å². The van der Waals surface area contributed by atoms with Crippen LogP contribution in [-0.2, 0) is 41.6 Å². The number of carboxylic acids is 1. The lowest BCUT2D eigenvalue weighted by molar-refractivity contribution is -0.143. The number of carbonyl (C=O) groups excluding carboxylic acids is 5. The van der Waals surface area contributed by atoms with Crippen molar-refractivity contribution in [2.75, 3.05) is 13.2 Å². The van der Waals surface area contributed by atoms with Crippen molar-refractivity contribution in [1.82, 2.24) is 36.6 Å². The lowest BCUT2D eigenvalue weighted by Crippen LogP contribution is -2.60. The number of phenols is 1. The molecule has 0 radical (unpaired) electrons. The highest BCUT2D eigenvalue weighted by Crippen LogP contribution is 2.12. The first-order valence-electron chi connectivity index (χ1n) is 14.6. The quantitative estimate of drug-likeness (QED) is 0.0738. The van der Waals surface area contributed by atoms with Gasteiger partial charge in [0.15, 0.2) is 0 Å². The molecular formula is C29H42N8O10. The van der Waals surface area contributed by atoms with Gasteiger partial charge in [0.2, 0.25) is 29.5 Å². The molecule has 47 heavy (non-hydrogen) atoms. The Balaban J connectivity index is 2.21. The average molecular weight is 663 g/mol. The third kappa shape index (κ3) is 12.0. The minimum Gasteiger partial charge on any atom is -0.508 e. The van der Waals surface area contributed by atoms with E-state index >= 15 is 0 Å². The van der Waals surface area contributed by atoms with Gasteiger partial charge in [-0.15, -0.1) is 0 Å². The monoisotopic (exact) mass is 662 g/mol. The summed E-state index contributed by atoms with van der Waals surface area (Å²) in [4.78, 5) is 82.8. The van der Waals surface area contributed by atoms with Crippen LogP contribution in [0.4, 0.5) is 0 Å². The number of phenolic OH excluding ortho intramolecular Hbond substituents is 1. The number of carbonyl (C=O) groups is 6. The SMILES string of the molecule is CC(C)[C@H](N)C(=O)N[C@@H](Cc1ccc(O)cc1)C(=O)N[C@@H](CO)C(=O)N[C@@H](Cc1cnc[nH]1)C(=O)N[C@@H](C)C(=O)N[C@@H](CO)C(=O)O. The van der Waals surface area contributed by atoms with E-state index in [1.54, 1.807) is 13.8 Å². The molecule has 0 saturated heterocycles. The molecule has 0 aliphatic rings. The van der Waals surface area contributed by atoms with Crippen LogP contribution in [0.5, 0.6) is 5.75 Å². The first-order chi connectivity index (χ1) is 22.2. The lowest BCUT2D eigenvalue weighted by Gasteiger charge is -2.26. The van der Waals surface area contributed by atoms with Gasteiger partial charge < -0.3 is 57.7 Å². The van der Waals surface area contributed by atoms with E-state index in [0.717, 1.165) is 0 Å². The number of aliphatic hydroxyl groups excluding tert-OH is 2. The Bertz CT molecular complexity index is 1370. The van der Waals surface area contributed by atoms with Gasteiger partial charge in [0, 0.05) is 24.7 Å². The van der Waals surface area contributed by atoms with Crippen molar-refractivity contribution in [3.8, 4) is 5.75 Å². The smallest absolute Gasteiger partial charge is 0.328 e. The van der Waals surface area contributed by atoms with Crippen LogP contribution < -0.4 is 32.3 Å². The minimum absolute atomic E-state index is 0.0176. The Hall–Kier alpha value is -5.07. The molecule has 18 nitrogen and oxygen atoms in total. The highest BCUT2D eigenvalue weighted by molar-refractivity contribution is 5.96. The van der Waals surface area contributed by atoms with Crippen molar-refractivity contribution in [3.63, 3.8) is 0 Å². The third-order valence-electron chi connectivity index (χ3n) is 7.01. The van der Waals surface area contributed by atoms with E-state index in [9.17, 15) is 39.0 Å². The molecular weight excluding hydrogens is 620 g/mol. The van der Waals surface area contributed by atoms with Gasteiger partial charge in [-0.2, -0.15) is 0 Å². The summed E-state index contributed by atoms with van der Waals surface area (Å²) in [7, 11) is 0. The predicted molar refractivity (Wildman–Crippen MR) is 164 cm³/mol. The molecule has 0 unspecified atom stereocenters. The zero-order chi connectivity index (χ0) is 35.3. The lowest BCUT2D eigenvalue weighted by atomic mass is 10.0. The molecule has 0 aliphatic heterocycles. The van der Waals surface area contributed by atoms with Crippen LogP contribution in [0.25, 0.3) is 0 Å². The fraction of sp³-hybridized carbons (Fsp3) is 0.483. The minimum atomic E-state index is -1.61. The second kappa shape index (κ2) is 18.2. The maximum atomic E-state index is 13.4. The summed E-state index contributed by atoms with van der Waals surface area (Å²) >= 11 is 0. The molecule has 258 valence electrons. The number of rotatable bonds is 18. The number of benzene rings is 1. The summed E-state index contributed by atoms with van der Waals surface area (Å²) < 4.78 is 0. The zero-order valence-corrected chi connectivity index (χ0v) is 26.1. The molecule has 2 aromatic rings. The van der Waals surface area contributed by atoms with Gasteiger partial charge in [0.25, 0.3) is 0 Å². The van der Waals surface area contributed by atoms with Crippen LogP contribution in [0.1, 0.15) is 32.0 Å². The number of imidazole rings is 1. The number of carboxylic acid groups (broad SMARTS) is 1. The number of aromatic hydroxyl groups is 1. The average Bonchev–Trinajstić information content (AvgIpc) is 3.54. The number of hydrogen-bond donors (Lipinski definition) is 11. The van der Waals surface area contributed by atoms with Gasteiger partial charge in [-0.3, -0.25) is 24.0 Å². The van der Waals surface area contributed by atoms with Crippen molar-refractivity contribution in [2.45, 2.75) is 69.9 Å². The highest BCUT2D eigenvalue weighted by Gasteiger charge is 2.32. The van der Waals surface area contributed by atoms with E-state index in [1.165, 1.54) is 43.7 Å². The van der Waals surface area contributed by atoms with Gasteiger partial charge in [-0.1, -0.05) is 26.0 Å². The third-order valence-corrected chi connectivity index (χ3v) is 7.01. The predicted octanol–water partition coefficient (Wildman–Crippen LogP) is -3.60. The summed E-state index contributed by atoms with van der Waals surface area (Å²) in [6, 6.07) is -2.24. The fourth-order valence-electron chi connectivity index (χ4n) is 4.07. The first-order valence-corrected chi connectivity index (χ1v) is 14.6. The Morgan fingerprint density at radius 2 is 1.26 bits per heavy atom. The topological polar surface area (TPSA) is 298 Å². The summed E-state index contributed by atoms with van der Waals surface area (Å²) in [5.74, 6) is -6.05. The van der Waals surface area contributed by atoms with Crippen LogP contribution in [0.2, 0.25) is 0 Å². The Morgan fingerprint density at radius 1 is 0.745 bits per heavy atom.